The van der Waals surface area contributed by atoms with E-state index in [1.54, 1.807) is 25.0 Å². The van der Waals surface area contributed by atoms with Gasteiger partial charge in [0.15, 0.2) is 0 Å². The largest absolute Gasteiger partial charge is 0.447 e. The number of halogens is 2. The second-order valence-electron chi connectivity index (χ2n) is 4.70. The molecule has 21 heavy (non-hydrogen) atoms. The van der Waals surface area contributed by atoms with Gasteiger partial charge in [-0.1, -0.05) is 60.4 Å². The zero-order valence-electron chi connectivity index (χ0n) is 11.4. The summed E-state index contributed by atoms with van der Waals surface area (Å²) in [5.74, 6) is -0.315. The molecule has 108 valence electrons. The zero-order valence-corrected chi connectivity index (χ0v) is 12.9. The molecule has 0 fully saturated rings. The first-order chi connectivity index (χ1) is 9.99. The predicted molar refractivity (Wildman–Crippen MR) is 87.5 cm³/mol. The van der Waals surface area contributed by atoms with Gasteiger partial charge in [0.25, 0.3) is 5.91 Å². The van der Waals surface area contributed by atoms with Crippen LogP contribution < -0.4 is 10.8 Å². The molecule has 0 saturated carbocycles. The normalized spacial score (nSPS) is 10.3. The number of amides is 1. The average Bonchev–Trinajstić information content (AvgIpc) is 2.45. The Morgan fingerprint density at radius 3 is 2.24 bits per heavy atom. The minimum Gasteiger partial charge on any atom is -0.447 e. The van der Waals surface area contributed by atoms with Crippen LogP contribution in [-0.4, -0.2) is 17.8 Å². The summed E-state index contributed by atoms with van der Waals surface area (Å²) in [6, 6.07) is 12.3. The fourth-order valence-corrected chi connectivity index (χ4v) is 2.47. The van der Waals surface area contributed by atoms with E-state index >= 15 is 0 Å². The molecule has 1 amide bonds. The summed E-state index contributed by atoms with van der Waals surface area (Å²) in [6.07, 6.45) is 0. The Balaban J connectivity index is 2.04. The van der Waals surface area contributed by atoms with E-state index in [1.165, 1.54) is 0 Å². The van der Waals surface area contributed by atoms with E-state index in [1.807, 2.05) is 24.3 Å². The lowest BCUT2D eigenvalue weighted by Crippen LogP contribution is -2.27. The minimum atomic E-state index is -0.504. The van der Waals surface area contributed by atoms with Crippen molar-refractivity contribution < 1.29 is 9.82 Å². The van der Waals surface area contributed by atoms with Gasteiger partial charge in [0, 0.05) is 6.54 Å². The Kier molecular flexibility index (Phi) is 5.29. The van der Waals surface area contributed by atoms with Gasteiger partial charge in [-0.2, -0.15) is 0 Å². The Labute approximate surface area is 134 Å². The zero-order chi connectivity index (χ0) is 15.4. The summed E-state index contributed by atoms with van der Waals surface area (Å²) in [4.78, 5) is 12.1. The van der Waals surface area contributed by atoms with E-state index in [0.717, 1.165) is 11.0 Å². The topological polar surface area (TPSA) is 49.3 Å². The van der Waals surface area contributed by atoms with E-state index in [0.29, 0.717) is 16.6 Å². The van der Waals surface area contributed by atoms with Crippen LogP contribution in [0.1, 0.15) is 15.9 Å². The van der Waals surface area contributed by atoms with Crippen LogP contribution in [0.5, 0.6) is 0 Å². The number of hydrogen-bond donors (Lipinski definition) is 2. The van der Waals surface area contributed by atoms with Crippen molar-refractivity contribution in [2.24, 2.45) is 0 Å². The standard InChI is InChI=1S/C15H14BCl2NO2/c1-16(21)11-7-5-10(6-8-11)9-19-15(20)14-12(17)3-2-4-13(14)18/h2-8,21H,9H2,1H3,(H,19,20). The lowest BCUT2D eigenvalue weighted by molar-refractivity contribution is 0.0951. The molecular formula is C15H14BCl2NO2. The van der Waals surface area contributed by atoms with Crippen LogP contribution in [0.3, 0.4) is 0 Å². The van der Waals surface area contributed by atoms with E-state index < -0.39 is 6.92 Å². The molecule has 0 unspecified atom stereocenters. The van der Waals surface area contributed by atoms with Crippen molar-refractivity contribution in [3.63, 3.8) is 0 Å². The van der Waals surface area contributed by atoms with Crippen LogP contribution in [0.4, 0.5) is 0 Å². The summed E-state index contributed by atoms with van der Waals surface area (Å²) >= 11 is 12.0. The quantitative estimate of drug-likeness (QED) is 0.851. The van der Waals surface area contributed by atoms with Crippen molar-refractivity contribution >= 4 is 41.5 Å². The van der Waals surface area contributed by atoms with E-state index in [4.69, 9.17) is 23.2 Å². The van der Waals surface area contributed by atoms with Crippen molar-refractivity contribution in [2.45, 2.75) is 13.4 Å². The number of nitrogens with one attached hydrogen (secondary N) is 1. The van der Waals surface area contributed by atoms with Crippen molar-refractivity contribution in [2.75, 3.05) is 0 Å². The van der Waals surface area contributed by atoms with E-state index in [2.05, 4.69) is 5.32 Å². The molecule has 2 aromatic rings. The molecule has 0 heterocycles. The molecule has 0 aliphatic heterocycles. The van der Waals surface area contributed by atoms with Gasteiger partial charge in [0.05, 0.1) is 15.6 Å². The van der Waals surface area contributed by atoms with Gasteiger partial charge in [0.2, 0.25) is 0 Å². The third kappa shape index (κ3) is 4.00. The van der Waals surface area contributed by atoms with Gasteiger partial charge < -0.3 is 10.3 Å². The van der Waals surface area contributed by atoms with E-state index in [-0.39, 0.29) is 11.5 Å². The molecule has 0 aliphatic rings. The highest BCUT2D eigenvalue weighted by atomic mass is 35.5. The van der Waals surface area contributed by atoms with Crippen molar-refractivity contribution in [3.8, 4) is 0 Å². The van der Waals surface area contributed by atoms with Gasteiger partial charge in [-0.3, -0.25) is 4.79 Å². The molecule has 3 nitrogen and oxygen atoms in total. The van der Waals surface area contributed by atoms with Crippen LogP contribution in [-0.2, 0) is 6.54 Å². The third-order valence-corrected chi connectivity index (χ3v) is 3.73. The minimum absolute atomic E-state index is 0.279. The van der Waals surface area contributed by atoms with Crippen molar-refractivity contribution in [3.05, 3.63) is 63.6 Å². The molecule has 0 saturated heterocycles. The molecule has 0 aliphatic carbocycles. The third-order valence-electron chi connectivity index (χ3n) is 3.11. The molecule has 0 aromatic heterocycles. The van der Waals surface area contributed by atoms with Crippen LogP contribution in [0.2, 0.25) is 16.9 Å². The molecule has 0 atom stereocenters. The summed E-state index contributed by atoms with van der Waals surface area (Å²) in [5, 5.41) is 12.9. The second kappa shape index (κ2) is 6.99. The number of rotatable bonds is 4. The lowest BCUT2D eigenvalue weighted by Gasteiger charge is -2.09. The maximum atomic E-state index is 12.1. The predicted octanol–water partition coefficient (Wildman–Crippen LogP) is 2.74. The summed E-state index contributed by atoms with van der Waals surface area (Å²) in [5.41, 5.74) is 2.04. The first-order valence-electron chi connectivity index (χ1n) is 6.48. The Morgan fingerprint density at radius 1 is 1.14 bits per heavy atom. The SMILES string of the molecule is CB(O)c1ccc(CNC(=O)c2c(Cl)cccc2Cl)cc1. The average molecular weight is 322 g/mol. The van der Waals surface area contributed by atoms with E-state index in [9.17, 15) is 9.82 Å². The number of benzene rings is 2. The Bertz CT molecular complexity index is 624. The van der Waals surface area contributed by atoms with Gasteiger partial charge in [0.1, 0.15) is 0 Å². The first-order valence-corrected chi connectivity index (χ1v) is 7.23. The Hall–Kier alpha value is -1.49. The summed E-state index contributed by atoms with van der Waals surface area (Å²) < 4.78 is 0. The molecule has 0 bridgehead atoms. The van der Waals surface area contributed by atoms with Gasteiger partial charge >= 0.3 is 6.92 Å². The maximum absolute atomic E-state index is 12.1. The van der Waals surface area contributed by atoms with Gasteiger partial charge in [-0.25, -0.2) is 0 Å². The maximum Gasteiger partial charge on any atom is 0.320 e. The highest BCUT2D eigenvalue weighted by molar-refractivity contribution is 6.64. The van der Waals surface area contributed by atoms with Crippen LogP contribution in [0, 0.1) is 0 Å². The molecule has 0 radical (unpaired) electrons. The lowest BCUT2D eigenvalue weighted by atomic mass is 9.64. The van der Waals surface area contributed by atoms with Gasteiger partial charge in [-0.05, 0) is 23.2 Å². The fourth-order valence-electron chi connectivity index (χ4n) is 1.90. The fraction of sp³-hybridized carbons (Fsp3) is 0.133. The monoisotopic (exact) mass is 321 g/mol. The smallest absolute Gasteiger partial charge is 0.320 e. The first kappa shape index (κ1) is 15.9. The number of hydrogen-bond acceptors (Lipinski definition) is 2. The summed E-state index contributed by atoms with van der Waals surface area (Å²) in [6.45, 7) is 1.56. The van der Waals surface area contributed by atoms with Gasteiger partial charge in [-0.15, -0.1) is 0 Å². The molecule has 2 aromatic carbocycles. The highest BCUT2D eigenvalue weighted by Gasteiger charge is 2.14. The van der Waals surface area contributed by atoms with Crippen LogP contribution >= 0.6 is 23.2 Å². The second-order valence-corrected chi connectivity index (χ2v) is 5.51. The number of carbonyl (C=O) groups excluding carboxylic acids is 1. The van der Waals surface area contributed by atoms with Crippen LogP contribution in [0.25, 0.3) is 0 Å². The Morgan fingerprint density at radius 2 is 1.71 bits per heavy atom. The molecular weight excluding hydrogens is 308 g/mol. The van der Waals surface area contributed by atoms with Crippen molar-refractivity contribution in [1.29, 1.82) is 0 Å². The summed E-state index contributed by atoms with van der Waals surface area (Å²) in [7, 11) is 0. The number of carbonyl (C=O) groups is 1. The van der Waals surface area contributed by atoms with Crippen molar-refractivity contribution in [1.82, 2.24) is 5.32 Å². The molecule has 2 N–H and O–H groups in total. The molecule has 2 rings (SSSR count). The highest BCUT2D eigenvalue weighted by Crippen LogP contribution is 2.23. The molecule has 0 spiro atoms. The molecule has 6 heteroatoms. The van der Waals surface area contributed by atoms with Crippen LogP contribution in [0.15, 0.2) is 42.5 Å².